The maximum absolute atomic E-state index is 12.2. The monoisotopic (exact) mass is 397 g/mol. The van der Waals surface area contributed by atoms with Crippen LogP contribution in [-0.4, -0.2) is 37.8 Å². The van der Waals surface area contributed by atoms with Crippen LogP contribution in [0.15, 0.2) is 53.6 Å². The average molecular weight is 397 g/mol. The van der Waals surface area contributed by atoms with Crippen molar-refractivity contribution in [3.8, 4) is 11.5 Å². The van der Waals surface area contributed by atoms with Gasteiger partial charge < -0.3 is 14.8 Å². The van der Waals surface area contributed by atoms with Crippen molar-refractivity contribution < 1.29 is 19.1 Å². The number of hydrogen-bond donors (Lipinski definition) is 2. The van der Waals surface area contributed by atoms with Crippen molar-refractivity contribution in [3.05, 3.63) is 59.7 Å². The van der Waals surface area contributed by atoms with E-state index in [1.165, 1.54) is 6.21 Å². The van der Waals surface area contributed by atoms with E-state index in [9.17, 15) is 9.59 Å². The first-order valence-electron chi connectivity index (χ1n) is 9.50. The molecule has 0 bridgehead atoms. The van der Waals surface area contributed by atoms with Crippen molar-refractivity contribution in [2.45, 2.75) is 32.7 Å². The minimum Gasteiger partial charge on any atom is -0.497 e. The number of hydrogen-bond acceptors (Lipinski definition) is 5. The third-order valence-electron chi connectivity index (χ3n) is 4.05. The fourth-order valence-corrected chi connectivity index (χ4v) is 2.48. The van der Waals surface area contributed by atoms with E-state index in [1.807, 2.05) is 43.3 Å². The predicted molar refractivity (Wildman–Crippen MR) is 112 cm³/mol. The van der Waals surface area contributed by atoms with Crippen molar-refractivity contribution in [1.29, 1.82) is 0 Å². The fourth-order valence-electron chi connectivity index (χ4n) is 2.48. The van der Waals surface area contributed by atoms with Gasteiger partial charge in [-0.1, -0.05) is 31.2 Å². The number of rotatable bonds is 10. The molecule has 1 atom stereocenters. The summed E-state index contributed by atoms with van der Waals surface area (Å²) in [7, 11) is 1.58. The molecule has 29 heavy (non-hydrogen) atoms. The minimum atomic E-state index is -0.718. The number of benzene rings is 2. The van der Waals surface area contributed by atoms with Crippen LogP contribution in [0.4, 0.5) is 0 Å². The molecule has 0 spiro atoms. The molecule has 0 radical (unpaired) electrons. The van der Waals surface area contributed by atoms with Crippen molar-refractivity contribution in [2.24, 2.45) is 5.10 Å². The van der Waals surface area contributed by atoms with Crippen LogP contribution in [0.3, 0.4) is 0 Å². The van der Waals surface area contributed by atoms with Crippen LogP contribution in [0.5, 0.6) is 11.5 Å². The summed E-state index contributed by atoms with van der Waals surface area (Å²) in [5.41, 5.74) is 4.03. The van der Waals surface area contributed by atoms with Gasteiger partial charge >= 0.3 is 0 Å². The third-order valence-corrected chi connectivity index (χ3v) is 4.05. The van der Waals surface area contributed by atoms with Gasteiger partial charge in [0.15, 0.2) is 0 Å². The summed E-state index contributed by atoms with van der Waals surface area (Å²) in [6.45, 7) is 4.24. The lowest BCUT2D eigenvalue weighted by atomic mass is 10.1. The molecule has 0 aromatic heterocycles. The fraction of sp³-hybridized carbons (Fsp3) is 0.318. The summed E-state index contributed by atoms with van der Waals surface area (Å²) in [4.78, 5) is 24.3. The molecule has 0 saturated carbocycles. The Balaban J connectivity index is 1.84. The van der Waals surface area contributed by atoms with E-state index in [-0.39, 0.29) is 12.3 Å². The SMILES string of the molecule is CCCOc1ccccc1C=NNC(=O)C(C)NC(=O)Cc1ccc(OC)cc1. The third kappa shape index (κ3) is 7.29. The lowest BCUT2D eigenvalue weighted by molar-refractivity contribution is -0.128. The quantitative estimate of drug-likeness (QED) is 0.477. The average Bonchev–Trinajstić information content (AvgIpc) is 2.73. The number of carbonyl (C=O) groups excluding carboxylic acids is 2. The Bertz CT molecular complexity index is 834. The van der Waals surface area contributed by atoms with Crippen LogP contribution in [0.1, 0.15) is 31.4 Å². The molecule has 2 aromatic carbocycles. The van der Waals surface area contributed by atoms with Gasteiger partial charge in [0.1, 0.15) is 17.5 Å². The Hall–Kier alpha value is -3.35. The Labute approximate surface area is 171 Å². The van der Waals surface area contributed by atoms with Gasteiger partial charge in [-0.2, -0.15) is 5.10 Å². The number of para-hydroxylation sites is 1. The molecule has 0 saturated heterocycles. The summed E-state index contributed by atoms with van der Waals surface area (Å²) in [5, 5.41) is 6.64. The molecular weight excluding hydrogens is 370 g/mol. The highest BCUT2D eigenvalue weighted by Crippen LogP contribution is 2.16. The van der Waals surface area contributed by atoms with Crippen LogP contribution >= 0.6 is 0 Å². The second-order valence-electron chi connectivity index (χ2n) is 6.43. The van der Waals surface area contributed by atoms with Gasteiger partial charge in [-0.3, -0.25) is 9.59 Å². The van der Waals surface area contributed by atoms with Gasteiger partial charge in [-0.25, -0.2) is 5.43 Å². The molecule has 2 rings (SSSR count). The molecule has 2 aromatic rings. The molecule has 0 heterocycles. The van der Waals surface area contributed by atoms with Crippen LogP contribution in [0.2, 0.25) is 0 Å². The van der Waals surface area contributed by atoms with E-state index < -0.39 is 11.9 Å². The second-order valence-corrected chi connectivity index (χ2v) is 6.43. The smallest absolute Gasteiger partial charge is 0.262 e. The second kappa shape index (κ2) is 11.5. The summed E-state index contributed by atoms with van der Waals surface area (Å²) in [6.07, 6.45) is 2.60. The lowest BCUT2D eigenvalue weighted by Crippen LogP contribution is -2.43. The Morgan fingerprint density at radius 1 is 1.14 bits per heavy atom. The van der Waals surface area contributed by atoms with Gasteiger partial charge in [0.25, 0.3) is 5.91 Å². The first-order chi connectivity index (χ1) is 14.0. The molecular formula is C22H27N3O4. The zero-order chi connectivity index (χ0) is 21.1. The number of amides is 2. The van der Waals surface area contributed by atoms with E-state index in [0.717, 1.165) is 23.3 Å². The van der Waals surface area contributed by atoms with Crippen molar-refractivity contribution in [3.63, 3.8) is 0 Å². The molecule has 154 valence electrons. The van der Waals surface area contributed by atoms with Crippen LogP contribution in [0.25, 0.3) is 0 Å². The number of nitrogens with one attached hydrogen (secondary N) is 2. The lowest BCUT2D eigenvalue weighted by Gasteiger charge is -2.12. The molecule has 7 nitrogen and oxygen atoms in total. The highest BCUT2D eigenvalue weighted by Gasteiger charge is 2.15. The maximum Gasteiger partial charge on any atom is 0.262 e. The van der Waals surface area contributed by atoms with Crippen LogP contribution < -0.4 is 20.2 Å². The van der Waals surface area contributed by atoms with Crippen molar-refractivity contribution in [1.82, 2.24) is 10.7 Å². The van der Waals surface area contributed by atoms with Crippen LogP contribution in [0, 0.1) is 0 Å². The van der Waals surface area contributed by atoms with Gasteiger partial charge in [-0.05, 0) is 43.2 Å². The van der Waals surface area contributed by atoms with Crippen LogP contribution in [-0.2, 0) is 16.0 Å². The molecule has 1 unspecified atom stereocenters. The molecule has 0 fully saturated rings. The number of carbonyl (C=O) groups is 2. The van der Waals surface area contributed by atoms with Crippen molar-refractivity contribution in [2.75, 3.05) is 13.7 Å². The van der Waals surface area contributed by atoms with E-state index in [2.05, 4.69) is 15.8 Å². The largest absolute Gasteiger partial charge is 0.497 e. The van der Waals surface area contributed by atoms with E-state index in [1.54, 1.807) is 26.2 Å². The first-order valence-corrected chi connectivity index (χ1v) is 9.50. The predicted octanol–water partition coefficient (Wildman–Crippen LogP) is 2.68. The highest BCUT2D eigenvalue weighted by molar-refractivity contribution is 5.89. The number of ether oxygens (including phenoxy) is 2. The van der Waals surface area contributed by atoms with Crippen molar-refractivity contribution >= 4 is 18.0 Å². The Morgan fingerprint density at radius 3 is 2.55 bits per heavy atom. The number of nitrogens with zero attached hydrogens (tertiary/aromatic N) is 1. The number of methoxy groups -OCH3 is 1. The number of hydrazone groups is 1. The zero-order valence-electron chi connectivity index (χ0n) is 17.0. The van der Waals surface area contributed by atoms with Gasteiger partial charge in [0, 0.05) is 5.56 Å². The summed E-state index contributed by atoms with van der Waals surface area (Å²) >= 11 is 0. The molecule has 0 aliphatic carbocycles. The molecule has 0 aliphatic rings. The Morgan fingerprint density at radius 2 is 1.86 bits per heavy atom. The van der Waals surface area contributed by atoms with Gasteiger partial charge in [0.05, 0.1) is 26.4 Å². The molecule has 2 amide bonds. The topological polar surface area (TPSA) is 89.0 Å². The molecule has 0 aliphatic heterocycles. The summed E-state index contributed by atoms with van der Waals surface area (Å²) < 4.78 is 10.7. The van der Waals surface area contributed by atoms with E-state index in [0.29, 0.717) is 12.4 Å². The van der Waals surface area contributed by atoms with E-state index in [4.69, 9.17) is 9.47 Å². The van der Waals surface area contributed by atoms with Gasteiger partial charge in [-0.15, -0.1) is 0 Å². The summed E-state index contributed by atoms with van der Waals surface area (Å²) in [6, 6.07) is 13.9. The van der Waals surface area contributed by atoms with E-state index >= 15 is 0 Å². The normalized spacial score (nSPS) is 11.7. The summed E-state index contributed by atoms with van der Waals surface area (Å²) in [5.74, 6) is 0.769. The minimum absolute atomic E-state index is 0.174. The standard InChI is InChI=1S/C22H27N3O4/c1-4-13-29-20-8-6-5-7-18(20)15-23-25-22(27)16(2)24-21(26)14-17-9-11-19(28-3)12-10-17/h5-12,15-16H,4,13-14H2,1-3H3,(H,24,26)(H,25,27). The molecule has 2 N–H and O–H groups in total. The maximum atomic E-state index is 12.2. The first kappa shape index (κ1) is 21.9. The highest BCUT2D eigenvalue weighted by atomic mass is 16.5. The zero-order valence-corrected chi connectivity index (χ0v) is 17.0. The Kier molecular flexibility index (Phi) is 8.69. The molecule has 7 heteroatoms. The van der Waals surface area contributed by atoms with Gasteiger partial charge in [0.2, 0.25) is 5.91 Å².